The molecule has 1 heterocycles. The minimum absolute atomic E-state index is 0.0170. The highest BCUT2D eigenvalue weighted by molar-refractivity contribution is 6.30. The van der Waals surface area contributed by atoms with Crippen molar-refractivity contribution < 1.29 is 14.0 Å². The van der Waals surface area contributed by atoms with E-state index in [0.29, 0.717) is 27.1 Å². The topological polar surface area (TPSA) is 86.5 Å². The highest BCUT2D eigenvalue weighted by Crippen LogP contribution is 2.33. The van der Waals surface area contributed by atoms with Gasteiger partial charge in [-0.05, 0) is 41.5 Å². The summed E-state index contributed by atoms with van der Waals surface area (Å²) < 4.78 is 17.9. The molecule has 164 valence electrons. The number of halogens is 2. The summed E-state index contributed by atoms with van der Waals surface area (Å²) in [5, 5.41) is 1.21. The molecule has 1 N–H and O–H groups in total. The molecule has 0 saturated heterocycles. The summed E-state index contributed by atoms with van der Waals surface area (Å²) in [6, 6.07) is 19.9. The van der Waals surface area contributed by atoms with E-state index in [1.807, 2.05) is 30.3 Å². The first-order valence-electron chi connectivity index (χ1n) is 9.65. The van der Waals surface area contributed by atoms with E-state index in [-0.39, 0.29) is 19.8 Å². The Balaban J connectivity index is 1.63. The quantitative estimate of drug-likeness (QED) is 0.403. The second-order valence-corrected chi connectivity index (χ2v) is 7.80. The van der Waals surface area contributed by atoms with Gasteiger partial charge in [0.2, 0.25) is 0 Å². The van der Waals surface area contributed by atoms with E-state index < -0.39 is 11.4 Å². The maximum absolute atomic E-state index is 11.9. The molecule has 0 spiro atoms. The second-order valence-electron chi connectivity index (χ2n) is 6.93. The van der Waals surface area contributed by atoms with Crippen LogP contribution < -0.4 is 20.9 Å². The van der Waals surface area contributed by atoms with Crippen LogP contribution in [0.3, 0.4) is 0 Å². The molecule has 7 nitrogen and oxygen atoms in total. The SMILES string of the molecule is O=c1[nH]c(=O)n(Cc2cccc(OCc3cccc(Cl)c3)c2OCc2cccc(Cl)c2)o1. The highest BCUT2D eigenvalue weighted by atomic mass is 35.5. The molecular weight excluding hydrogens is 455 g/mol. The molecule has 0 aliphatic rings. The summed E-state index contributed by atoms with van der Waals surface area (Å²) in [7, 11) is 0. The number of hydrogen-bond acceptors (Lipinski definition) is 5. The molecule has 0 saturated carbocycles. The fraction of sp³-hybridized carbons (Fsp3) is 0.130. The van der Waals surface area contributed by atoms with Crippen LogP contribution in [0.4, 0.5) is 0 Å². The first kappa shape index (κ1) is 21.8. The normalized spacial score (nSPS) is 10.8. The van der Waals surface area contributed by atoms with Gasteiger partial charge in [-0.2, -0.15) is 0 Å². The van der Waals surface area contributed by atoms with Crippen molar-refractivity contribution in [1.29, 1.82) is 0 Å². The molecule has 0 unspecified atom stereocenters. The van der Waals surface area contributed by atoms with Gasteiger partial charge in [-0.3, -0.25) is 0 Å². The molecule has 0 aliphatic heterocycles. The minimum Gasteiger partial charge on any atom is -0.485 e. The van der Waals surface area contributed by atoms with E-state index in [0.717, 1.165) is 15.9 Å². The molecule has 0 radical (unpaired) electrons. The van der Waals surface area contributed by atoms with Crippen LogP contribution in [0.2, 0.25) is 10.0 Å². The number of para-hydroxylation sites is 1. The van der Waals surface area contributed by atoms with E-state index in [2.05, 4.69) is 4.98 Å². The fourth-order valence-electron chi connectivity index (χ4n) is 3.11. The van der Waals surface area contributed by atoms with Crippen molar-refractivity contribution in [3.63, 3.8) is 0 Å². The Morgan fingerprint density at radius 2 is 1.47 bits per heavy atom. The van der Waals surface area contributed by atoms with Gasteiger partial charge < -0.3 is 14.0 Å². The third-order valence-electron chi connectivity index (χ3n) is 4.56. The number of benzene rings is 3. The van der Waals surface area contributed by atoms with Gasteiger partial charge in [-0.15, -0.1) is 4.74 Å². The third-order valence-corrected chi connectivity index (χ3v) is 5.03. The number of nitrogens with zero attached hydrogens (tertiary/aromatic N) is 1. The number of aromatic amines is 1. The van der Waals surface area contributed by atoms with E-state index >= 15 is 0 Å². The molecule has 0 bridgehead atoms. The average molecular weight is 473 g/mol. The summed E-state index contributed by atoms with van der Waals surface area (Å²) in [5.74, 6) is 0.0606. The summed E-state index contributed by atoms with van der Waals surface area (Å²) in [4.78, 5) is 25.3. The van der Waals surface area contributed by atoms with E-state index in [1.165, 1.54) is 0 Å². The maximum Gasteiger partial charge on any atom is 0.440 e. The second kappa shape index (κ2) is 9.80. The van der Waals surface area contributed by atoms with Crippen molar-refractivity contribution in [2.24, 2.45) is 0 Å². The maximum atomic E-state index is 11.9. The van der Waals surface area contributed by atoms with Crippen molar-refractivity contribution in [2.45, 2.75) is 19.8 Å². The van der Waals surface area contributed by atoms with Gasteiger partial charge in [-0.1, -0.05) is 59.6 Å². The predicted octanol–water partition coefficient (Wildman–Crippen LogP) is 4.64. The summed E-state index contributed by atoms with van der Waals surface area (Å²) >= 11 is 12.1. The van der Waals surface area contributed by atoms with E-state index in [9.17, 15) is 9.59 Å². The molecule has 1 aromatic heterocycles. The lowest BCUT2D eigenvalue weighted by Gasteiger charge is -2.17. The standard InChI is InChI=1S/C23H18Cl2N2O5/c24-18-7-1-4-15(10-18)13-30-20-9-3-6-17(12-27-22(28)26-23(29)32-27)21(20)31-14-16-5-2-8-19(25)11-16/h1-11H,12-14H2,(H,26,28,29). The third kappa shape index (κ3) is 5.43. The van der Waals surface area contributed by atoms with Crippen molar-refractivity contribution in [1.82, 2.24) is 9.72 Å². The largest absolute Gasteiger partial charge is 0.485 e. The molecule has 4 rings (SSSR count). The number of H-pyrrole nitrogens is 1. The number of hydrogen-bond donors (Lipinski definition) is 1. The van der Waals surface area contributed by atoms with Gasteiger partial charge >= 0.3 is 11.4 Å². The molecular formula is C23H18Cl2N2O5. The molecule has 0 fully saturated rings. The first-order valence-corrected chi connectivity index (χ1v) is 10.4. The Hall–Kier alpha value is -3.42. The summed E-state index contributed by atoms with van der Waals surface area (Å²) in [5.41, 5.74) is 1.69. The highest BCUT2D eigenvalue weighted by Gasteiger charge is 2.15. The monoisotopic (exact) mass is 472 g/mol. The van der Waals surface area contributed by atoms with Crippen LogP contribution in [0.1, 0.15) is 16.7 Å². The van der Waals surface area contributed by atoms with Gasteiger partial charge in [0.05, 0.1) is 6.54 Å². The lowest BCUT2D eigenvalue weighted by molar-refractivity contribution is 0.239. The van der Waals surface area contributed by atoms with Crippen LogP contribution in [0, 0.1) is 0 Å². The van der Waals surface area contributed by atoms with Crippen molar-refractivity contribution >= 4 is 23.2 Å². The summed E-state index contributed by atoms with van der Waals surface area (Å²) in [6.07, 6.45) is 0. The van der Waals surface area contributed by atoms with Crippen LogP contribution in [0.15, 0.2) is 80.8 Å². The zero-order valence-electron chi connectivity index (χ0n) is 16.7. The van der Waals surface area contributed by atoms with Crippen LogP contribution >= 0.6 is 23.2 Å². The number of aromatic nitrogens is 2. The smallest absolute Gasteiger partial charge is 0.440 e. The zero-order valence-corrected chi connectivity index (χ0v) is 18.2. The first-order chi connectivity index (χ1) is 15.5. The van der Waals surface area contributed by atoms with Crippen molar-refractivity contribution in [2.75, 3.05) is 0 Å². The molecule has 32 heavy (non-hydrogen) atoms. The molecule has 0 amide bonds. The van der Waals surface area contributed by atoms with Crippen molar-refractivity contribution in [3.8, 4) is 11.5 Å². The van der Waals surface area contributed by atoms with Gasteiger partial charge in [0.25, 0.3) is 0 Å². The molecule has 0 aliphatic carbocycles. The lowest BCUT2D eigenvalue weighted by atomic mass is 10.1. The lowest BCUT2D eigenvalue weighted by Crippen LogP contribution is -2.18. The molecule has 4 aromatic rings. The Morgan fingerprint density at radius 3 is 2.06 bits per heavy atom. The van der Waals surface area contributed by atoms with Crippen LogP contribution in [-0.4, -0.2) is 9.72 Å². The Morgan fingerprint density at radius 1 is 0.844 bits per heavy atom. The van der Waals surface area contributed by atoms with Gasteiger partial charge in [0.15, 0.2) is 11.5 Å². The fourth-order valence-corrected chi connectivity index (χ4v) is 3.53. The van der Waals surface area contributed by atoms with Crippen LogP contribution in [0.25, 0.3) is 0 Å². The average Bonchev–Trinajstić information content (AvgIpc) is 3.08. The Labute approximate surface area is 192 Å². The van der Waals surface area contributed by atoms with Crippen molar-refractivity contribution in [3.05, 3.63) is 115 Å². The molecule has 9 heteroatoms. The predicted molar refractivity (Wildman–Crippen MR) is 121 cm³/mol. The van der Waals surface area contributed by atoms with Crippen LogP contribution in [-0.2, 0) is 19.8 Å². The summed E-state index contributed by atoms with van der Waals surface area (Å²) in [6.45, 7) is 0.463. The van der Waals surface area contributed by atoms with Crippen LogP contribution in [0.5, 0.6) is 11.5 Å². The number of rotatable bonds is 8. The van der Waals surface area contributed by atoms with E-state index in [1.54, 1.807) is 36.4 Å². The Bertz CT molecular complexity index is 1340. The zero-order chi connectivity index (χ0) is 22.5. The Kier molecular flexibility index (Phi) is 6.68. The minimum atomic E-state index is -0.829. The van der Waals surface area contributed by atoms with Gasteiger partial charge in [0.1, 0.15) is 13.2 Å². The number of ether oxygens (including phenoxy) is 2. The van der Waals surface area contributed by atoms with E-state index in [4.69, 9.17) is 37.2 Å². The molecule has 3 aromatic carbocycles. The number of nitrogens with one attached hydrogen (secondary N) is 1. The van der Waals surface area contributed by atoms with Gasteiger partial charge in [0, 0.05) is 15.6 Å². The van der Waals surface area contributed by atoms with Gasteiger partial charge in [-0.25, -0.2) is 14.6 Å². The molecule has 0 atom stereocenters.